The normalized spacial score (nSPS) is 12.0. The molecule has 0 aromatic heterocycles. The van der Waals surface area contributed by atoms with Crippen LogP contribution in [0.4, 0.5) is 5.69 Å². The van der Waals surface area contributed by atoms with Crippen molar-refractivity contribution in [2.75, 3.05) is 0 Å². The lowest BCUT2D eigenvalue weighted by Crippen LogP contribution is -2.11. The smallest absolute Gasteiger partial charge is 0.113 e. The largest absolute Gasteiger partial charge is 0.290 e. The molecule has 3 nitrogen and oxygen atoms in total. The Kier molecular flexibility index (Phi) is 3.25. The zero-order valence-corrected chi connectivity index (χ0v) is 8.78. The molecule has 0 aliphatic heterocycles. The molecule has 14 heavy (non-hydrogen) atoms. The molecule has 0 radical (unpaired) electrons. The minimum Gasteiger partial charge on any atom is -0.290 e. The molecule has 0 fully saturated rings. The zero-order chi connectivity index (χ0) is 10.6. The SMILES string of the molecule is CC(C)(C)c1ccccc1N=CNO. The number of hydrogen-bond acceptors (Lipinski definition) is 2. The molecule has 0 amide bonds. The third kappa shape index (κ3) is 2.57. The average Bonchev–Trinajstić information content (AvgIpc) is 2.14. The van der Waals surface area contributed by atoms with Gasteiger partial charge < -0.3 is 0 Å². The lowest BCUT2D eigenvalue weighted by atomic mass is 9.86. The standard InChI is InChI=1S/C11H16N2O/c1-11(2,3)9-6-4-5-7-10(9)12-8-13-14/h4-8,14H,1-3H3,(H,12,13). The second-order valence-corrected chi connectivity index (χ2v) is 4.15. The van der Waals surface area contributed by atoms with E-state index in [0.29, 0.717) is 0 Å². The highest BCUT2D eigenvalue weighted by molar-refractivity contribution is 5.62. The van der Waals surface area contributed by atoms with Crippen LogP contribution in [0.1, 0.15) is 26.3 Å². The first-order chi connectivity index (χ1) is 6.55. The highest BCUT2D eigenvalue weighted by Gasteiger charge is 2.16. The summed E-state index contributed by atoms with van der Waals surface area (Å²) in [6, 6.07) is 7.89. The highest BCUT2D eigenvalue weighted by atomic mass is 16.5. The predicted molar refractivity (Wildman–Crippen MR) is 58.2 cm³/mol. The van der Waals surface area contributed by atoms with Gasteiger partial charge in [-0.15, -0.1) is 0 Å². The molecule has 0 saturated heterocycles. The van der Waals surface area contributed by atoms with Crippen LogP contribution in [-0.4, -0.2) is 11.5 Å². The molecule has 1 aromatic carbocycles. The van der Waals surface area contributed by atoms with E-state index in [1.54, 1.807) is 0 Å². The van der Waals surface area contributed by atoms with Crippen LogP contribution in [0.2, 0.25) is 0 Å². The summed E-state index contributed by atoms with van der Waals surface area (Å²) in [6.45, 7) is 6.40. The summed E-state index contributed by atoms with van der Waals surface area (Å²) in [6.07, 6.45) is 1.27. The Morgan fingerprint density at radius 3 is 2.50 bits per heavy atom. The fraction of sp³-hybridized carbons (Fsp3) is 0.364. The molecule has 0 saturated carbocycles. The van der Waals surface area contributed by atoms with E-state index in [1.165, 1.54) is 6.34 Å². The summed E-state index contributed by atoms with van der Waals surface area (Å²) in [7, 11) is 0. The number of benzene rings is 1. The van der Waals surface area contributed by atoms with Crippen LogP contribution in [0.3, 0.4) is 0 Å². The molecule has 2 N–H and O–H groups in total. The van der Waals surface area contributed by atoms with E-state index < -0.39 is 0 Å². The summed E-state index contributed by atoms with van der Waals surface area (Å²) in [5, 5.41) is 8.42. The Balaban J connectivity index is 3.10. The molecule has 0 atom stereocenters. The van der Waals surface area contributed by atoms with Gasteiger partial charge in [0.25, 0.3) is 0 Å². The minimum absolute atomic E-state index is 0.0589. The van der Waals surface area contributed by atoms with Crippen molar-refractivity contribution in [2.45, 2.75) is 26.2 Å². The number of aliphatic imine (C=N–C) groups is 1. The first kappa shape index (κ1) is 10.7. The predicted octanol–water partition coefficient (Wildman–Crippen LogP) is 2.62. The number of rotatable bonds is 2. The van der Waals surface area contributed by atoms with Crippen molar-refractivity contribution in [3.63, 3.8) is 0 Å². The molecule has 0 heterocycles. The maximum Gasteiger partial charge on any atom is 0.113 e. The van der Waals surface area contributed by atoms with Crippen molar-refractivity contribution in [1.82, 2.24) is 5.48 Å². The maximum absolute atomic E-state index is 8.42. The van der Waals surface area contributed by atoms with Crippen LogP contribution in [0.15, 0.2) is 29.3 Å². The minimum atomic E-state index is 0.0589. The van der Waals surface area contributed by atoms with E-state index in [0.717, 1.165) is 11.3 Å². The summed E-state index contributed by atoms with van der Waals surface area (Å²) < 4.78 is 0. The molecule has 3 heteroatoms. The third-order valence-corrected chi connectivity index (χ3v) is 1.97. The van der Waals surface area contributed by atoms with Crippen LogP contribution < -0.4 is 5.48 Å². The van der Waals surface area contributed by atoms with E-state index in [2.05, 4.69) is 25.8 Å². The lowest BCUT2D eigenvalue weighted by molar-refractivity contribution is 0.240. The Morgan fingerprint density at radius 1 is 1.29 bits per heavy atom. The topological polar surface area (TPSA) is 44.6 Å². The van der Waals surface area contributed by atoms with Crippen LogP contribution in [-0.2, 0) is 5.41 Å². The molecule has 0 bridgehead atoms. The van der Waals surface area contributed by atoms with Gasteiger partial charge in [0.15, 0.2) is 0 Å². The van der Waals surface area contributed by atoms with E-state index >= 15 is 0 Å². The van der Waals surface area contributed by atoms with Crippen LogP contribution in [0.5, 0.6) is 0 Å². The third-order valence-electron chi connectivity index (χ3n) is 1.97. The Morgan fingerprint density at radius 2 is 1.93 bits per heavy atom. The summed E-state index contributed by atoms with van der Waals surface area (Å²) >= 11 is 0. The molecule has 0 aliphatic carbocycles. The fourth-order valence-electron chi connectivity index (χ4n) is 1.32. The van der Waals surface area contributed by atoms with Gasteiger partial charge in [-0.25, -0.2) is 4.99 Å². The van der Waals surface area contributed by atoms with Crippen molar-refractivity contribution in [3.8, 4) is 0 Å². The van der Waals surface area contributed by atoms with Gasteiger partial charge in [-0.1, -0.05) is 39.0 Å². The first-order valence-electron chi connectivity index (χ1n) is 4.57. The quantitative estimate of drug-likeness (QED) is 0.430. The molecule has 0 aliphatic rings. The van der Waals surface area contributed by atoms with Crippen LogP contribution in [0, 0.1) is 0 Å². The van der Waals surface area contributed by atoms with Gasteiger partial charge in [-0.2, -0.15) is 0 Å². The van der Waals surface area contributed by atoms with Gasteiger partial charge >= 0.3 is 0 Å². The van der Waals surface area contributed by atoms with E-state index in [-0.39, 0.29) is 5.41 Å². The van der Waals surface area contributed by atoms with Gasteiger partial charge in [0.2, 0.25) is 0 Å². The second kappa shape index (κ2) is 4.24. The maximum atomic E-state index is 8.42. The first-order valence-corrected chi connectivity index (χ1v) is 4.57. The monoisotopic (exact) mass is 192 g/mol. The summed E-state index contributed by atoms with van der Waals surface area (Å²) in [5.74, 6) is 0. The van der Waals surface area contributed by atoms with Gasteiger partial charge in [-0.05, 0) is 17.0 Å². The second-order valence-electron chi connectivity index (χ2n) is 4.15. The number of hydroxylamine groups is 1. The van der Waals surface area contributed by atoms with Crippen molar-refractivity contribution >= 4 is 12.0 Å². The molecule has 1 rings (SSSR count). The average molecular weight is 192 g/mol. The number of hydrogen-bond donors (Lipinski definition) is 2. The van der Waals surface area contributed by atoms with Gasteiger partial charge in [0, 0.05) is 0 Å². The molecule has 1 aromatic rings. The Labute approximate surface area is 84.4 Å². The lowest BCUT2D eigenvalue weighted by Gasteiger charge is -2.20. The number of para-hydroxylation sites is 1. The van der Waals surface area contributed by atoms with Crippen molar-refractivity contribution in [2.24, 2.45) is 4.99 Å². The van der Waals surface area contributed by atoms with Crippen LogP contribution >= 0.6 is 0 Å². The van der Waals surface area contributed by atoms with Crippen molar-refractivity contribution in [1.29, 1.82) is 0 Å². The molecular weight excluding hydrogens is 176 g/mol. The van der Waals surface area contributed by atoms with Gasteiger partial charge in [-0.3, -0.25) is 10.7 Å². The van der Waals surface area contributed by atoms with E-state index in [1.807, 2.05) is 29.7 Å². The number of nitrogens with one attached hydrogen (secondary N) is 1. The molecule has 0 spiro atoms. The Bertz CT molecular complexity index is 326. The number of nitrogens with zero attached hydrogens (tertiary/aromatic N) is 1. The Hall–Kier alpha value is -1.35. The summed E-state index contributed by atoms with van der Waals surface area (Å²) in [5.41, 5.74) is 4.00. The molecule has 76 valence electrons. The summed E-state index contributed by atoms with van der Waals surface area (Å²) in [4.78, 5) is 4.11. The van der Waals surface area contributed by atoms with Crippen molar-refractivity contribution < 1.29 is 5.21 Å². The zero-order valence-electron chi connectivity index (χ0n) is 8.78. The van der Waals surface area contributed by atoms with E-state index in [4.69, 9.17) is 5.21 Å². The van der Waals surface area contributed by atoms with Crippen LogP contribution in [0.25, 0.3) is 0 Å². The molecule has 0 unspecified atom stereocenters. The van der Waals surface area contributed by atoms with E-state index in [9.17, 15) is 0 Å². The van der Waals surface area contributed by atoms with Gasteiger partial charge in [0.1, 0.15) is 6.34 Å². The van der Waals surface area contributed by atoms with Crippen molar-refractivity contribution in [3.05, 3.63) is 29.8 Å². The van der Waals surface area contributed by atoms with Gasteiger partial charge in [0.05, 0.1) is 5.69 Å². The fourth-order valence-corrected chi connectivity index (χ4v) is 1.32. The highest BCUT2D eigenvalue weighted by Crippen LogP contribution is 2.30. The molecular formula is C11H16N2O.